The topological polar surface area (TPSA) is 57.2 Å². The van der Waals surface area contributed by atoms with E-state index in [1.807, 2.05) is 48.8 Å². The Hall–Kier alpha value is -7.57. The molecule has 1 aliphatic heterocycles. The molecular weight excluding hydrogens is 687 g/mol. The number of hydrogen-bond acceptors (Lipinski definition) is 4. The summed E-state index contributed by atoms with van der Waals surface area (Å²) in [5, 5.41) is 4.29. The van der Waals surface area contributed by atoms with Crippen LogP contribution in [-0.4, -0.2) is 23.9 Å². The van der Waals surface area contributed by atoms with E-state index in [2.05, 4.69) is 149 Å². The second-order valence-corrected chi connectivity index (χ2v) is 14.4. The Balaban J connectivity index is 1.09. The van der Waals surface area contributed by atoms with Crippen molar-refractivity contribution >= 4 is 49.4 Å². The first-order valence-corrected chi connectivity index (χ1v) is 18.8. The third kappa shape index (κ3) is 4.23. The lowest BCUT2D eigenvalue weighted by atomic mass is 9.63. The molecule has 0 amide bonds. The highest BCUT2D eigenvalue weighted by Gasteiger charge is 2.45. The molecule has 0 saturated carbocycles. The fourth-order valence-corrected chi connectivity index (χ4v) is 9.23. The van der Waals surface area contributed by atoms with Crippen LogP contribution in [0.15, 0.2) is 188 Å². The molecule has 0 aliphatic carbocycles. The highest BCUT2D eigenvalue weighted by Crippen LogP contribution is 2.54. The van der Waals surface area contributed by atoms with Gasteiger partial charge in [-0.05, 0) is 70.8 Å². The van der Waals surface area contributed by atoms with Crippen molar-refractivity contribution in [1.82, 2.24) is 23.9 Å². The Kier molecular flexibility index (Phi) is 6.45. The Bertz CT molecular complexity index is 3290. The van der Waals surface area contributed by atoms with Crippen molar-refractivity contribution in [2.45, 2.75) is 5.41 Å². The van der Waals surface area contributed by atoms with Crippen LogP contribution in [-0.2, 0) is 5.41 Å². The molecule has 56 heavy (non-hydrogen) atoms. The average Bonchev–Trinajstić information content (AvgIpc) is 3.87. The van der Waals surface area contributed by atoms with Gasteiger partial charge in [-0.1, -0.05) is 115 Å². The summed E-state index contributed by atoms with van der Waals surface area (Å²) in [4.78, 5) is 15.0. The summed E-state index contributed by atoms with van der Waals surface area (Å²) in [7, 11) is 0. The average molecular weight is 718 g/mol. The molecule has 0 bridgehead atoms. The largest absolute Gasteiger partial charge is 0.457 e. The molecule has 0 spiro atoms. The number of ether oxygens (including phenoxy) is 1. The molecule has 262 valence electrons. The zero-order valence-corrected chi connectivity index (χ0v) is 30.0. The fourth-order valence-electron chi connectivity index (χ4n) is 9.23. The molecule has 6 heterocycles. The van der Waals surface area contributed by atoms with Crippen LogP contribution in [0.5, 0.6) is 11.5 Å². The smallest absolute Gasteiger partial charge is 0.146 e. The molecule has 0 fully saturated rings. The molecule has 6 heteroatoms. The summed E-state index contributed by atoms with van der Waals surface area (Å²) in [5.74, 6) is 1.44. The highest BCUT2D eigenvalue weighted by atomic mass is 16.5. The molecule has 6 nitrogen and oxygen atoms in total. The molecule has 1 aliphatic rings. The Morgan fingerprint density at radius 3 is 2.00 bits per heavy atom. The van der Waals surface area contributed by atoms with E-state index < -0.39 is 5.41 Å². The lowest BCUT2D eigenvalue weighted by Gasteiger charge is -2.41. The Morgan fingerprint density at radius 2 is 1.20 bits per heavy atom. The molecule has 5 aromatic heterocycles. The minimum atomic E-state index is -0.597. The third-order valence-electron chi connectivity index (χ3n) is 11.5. The van der Waals surface area contributed by atoms with Gasteiger partial charge in [0, 0.05) is 51.8 Å². The first kappa shape index (κ1) is 30.8. The fraction of sp³-hybridized carbons (Fsp3) is 0.0200. The van der Waals surface area contributed by atoms with Gasteiger partial charge in [0.25, 0.3) is 0 Å². The van der Waals surface area contributed by atoms with E-state index in [1.165, 1.54) is 22.1 Å². The SMILES string of the molecule is c1ccc(-c2cn3c4cccnc4c4ccc(Oc5ccc6c(c5)-n5c7ncccc7c7cccc(c75)C6(c5ccccc5)c5ccccc5)cc4c3n2)cc1. The lowest BCUT2D eigenvalue weighted by Crippen LogP contribution is -2.35. The van der Waals surface area contributed by atoms with Gasteiger partial charge in [0.05, 0.1) is 33.3 Å². The number of para-hydroxylation sites is 1. The van der Waals surface area contributed by atoms with Crippen LogP contribution in [0.1, 0.15) is 22.3 Å². The molecule has 6 aromatic carbocycles. The summed E-state index contributed by atoms with van der Waals surface area (Å²) in [6, 6.07) is 59.8. The van der Waals surface area contributed by atoms with Crippen molar-refractivity contribution in [3.8, 4) is 28.4 Å². The predicted octanol–water partition coefficient (Wildman–Crippen LogP) is 11.7. The molecule has 0 radical (unpaired) electrons. The summed E-state index contributed by atoms with van der Waals surface area (Å²) < 4.78 is 11.4. The number of nitrogens with zero attached hydrogens (tertiary/aromatic N) is 5. The molecule has 0 unspecified atom stereocenters. The van der Waals surface area contributed by atoms with E-state index in [1.54, 1.807) is 0 Å². The summed E-state index contributed by atoms with van der Waals surface area (Å²) in [6.07, 6.45) is 5.83. The molecule has 0 N–H and O–H groups in total. The van der Waals surface area contributed by atoms with Gasteiger partial charge in [0.1, 0.15) is 22.8 Å². The van der Waals surface area contributed by atoms with Crippen molar-refractivity contribution in [1.29, 1.82) is 0 Å². The highest BCUT2D eigenvalue weighted by molar-refractivity contribution is 6.12. The molecule has 0 atom stereocenters. The quantitative estimate of drug-likeness (QED) is 0.166. The zero-order valence-electron chi connectivity index (χ0n) is 30.0. The molecule has 0 saturated heterocycles. The van der Waals surface area contributed by atoms with Crippen molar-refractivity contribution in [2.24, 2.45) is 0 Å². The van der Waals surface area contributed by atoms with E-state index in [-0.39, 0.29) is 0 Å². The summed E-state index contributed by atoms with van der Waals surface area (Å²) in [6.45, 7) is 0. The number of imidazole rings is 1. The van der Waals surface area contributed by atoms with Crippen molar-refractivity contribution in [3.05, 3.63) is 211 Å². The van der Waals surface area contributed by atoms with E-state index in [9.17, 15) is 0 Å². The number of benzene rings is 6. The number of fused-ring (bicyclic) bond motifs is 11. The van der Waals surface area contributed by atoms with Crippen LogP contribution in [0.25, 0.3) is 66.3 Å². The van der Waals surface area contributed by atoms with Gasteiger partial charge in [-0.15, -0.1) is 0 Å². The third-order valence-corrected chi connectivity index (χ3v) is 11.5. The lowest BCUT2D eigenvalue weighted by molar-refractivity contribution is 0.482. The van der Waals surface area contributed by atoms with E-state index in [4.69, 9.17) is 19.7 Å². The summed E-state index contributed by atoms with van der Waals surface area (Å²) >= 11 is 0. The number of pyridine rings is 3. The van der Waals surface area contributed by atoms with E-state index in [0.29, 0.717) is 5.75 Å². The van der Waals surface area contributed by atoms with Gasteiger partial charge in [-0.3, -0.25) is 14.0 Å². The van der Waals surface area contributed by atoms with Crippen LogP contribution >= 0.6 is 0 Å². The van der Waals surface area contributed by atoms with E-state index >= 15 is 0 Å². The molecular formula is C50H31N5O. The maximum atomic E-state index is 6.87. The normalized spacial score (nSPS) is 13.1. The van der Waals surface area contributed by atoms with Gasteiger partial charge in [0.15, 0.2) is 0 Å². The van der Waals surface area contributed by atoms with Gasteiger partial charge in [-0.25, -0.2) is 9.97 Å². The second-order valence-electron chi connectivity index (χ2n) is 14.4. The minimum Gasteiger partial charge on any atom is -0.457 e. The van der Waals surface area contributed by atoms with Crippen molar-refractivity contribution in [3.63, 3.8) is 0 Å². The van der Waals surface area contributed by atoms with Crippen LogP contribution in [0.3, 0.4) is 0 Å². The Labute approximate surface area is 321 Å². The van der Waals surface area contributed by atoms with Crippen LogP contribution < -0.4 is 4.74 Å². The first-order chi connectivity index (χ1) is 27.8. The van der Waals surface area contributed by atoms with Crippen molar-refractivity contribution < 1.29 is 4.74 Å². The van der Waals surface area contributed by atoms with Gasteiger partial charge < -0.3 is 4.74 Å². The van der Waals surface area contributed by atoms with Crippen LogP contribution in [0, 0.1) is 0 Å². The molecule has 12 rings (SSSR count). The van der Waals surface area contributed by atoms with Gasteiger partial charge in [0.2, 0.25) is 0 Å². The van der Waals surface area contributed by atoms with Gasteiger partial charge in [-0.2, -0.15) is 0 Å². The standard InChI is InChI=1S/C50H31N5O/c1-4-13-32(14-5-1)43-31-54-44-22-12-27-51-46(44)37-25-23-35(29-40(37)49(54)53-43)56-36-24-26-41-45(30-36)55-47-38(39-20-11-28-52-48(39)55)19-10-21-42(47)50(41,33-15-6-2-7-16-33)34-17-8-3-9-18-34/h1-31H. The van der Waals surface area contributed by atoms with Crippen LogP contribution in [0.2, 0.25) is 0 Å². The monoisotopic (exact) mass is 717 g/mol. The predicted molar refractivity (Wildman–Crippen MR) is 224 cm³/mol. The van der Waals surface area contributed by atoms with E-state index in [0.717, 1.165) is 72.3 Å². The molecule has 11 aromatic rings. The number of rotatable bonds is 5. The summed E-state index contributed by atoms with van der Waals surface area (Å²) in [5.41, 5.74) is 12.0. The number of aromatic nitrogens is 5. The minimum absolute atomic E-state index is 0.597. The van der Waals surface area contributed by atoms with Crippen LogP contribution in [0.4, 0.5) is 0 Å². The van der Waals surface area contributed by atoms with Crippen molar-refractivity contribution in [2.75, 3.05) is 0 Å². The maximum absolute atomic E-state index is 6.87. The second kappa shape index (κ2) is 11.7. The zero-order chi connectivity index (χ0) is 36.8. The van der Waals surface area contributed by atoms with Gasteiger partial charge >= 0.3 is 0 Å². The number of hydrogen-bond donors (Lipinski definition) is 0. The first-order valence-electron chi connectivity index (χ1n) is 18.8. The maximum Gasteiger partial charge on any atom is 0.146 e. The Morgan fingerprint density at radius 1 is 0.500 bits per heavy atom.